The van der Waals surface area contributed by atoms with Gasteiger partial charge in [-0.05, 0) is 44.2 Å². The van der Waals surface area contributed by atoms with Crippen molar-refractivity contribution in [2.45, 2.75) is 50.2 Å². The lowest BCUT2D eigenvalue weighted by Crippen LogP contribution is -2.35. The number of aromatic nitrogens is 2. The highest BCUT2D eigenvalue weighted by Crippen LogP contribution is 2.44. The molecule has 1 aliphatic carbocycles. The van der Waals surface area contributed by atoms with Crippen LogP contribution < -0.4 is 5.32 Å². The predicted octanol–water partition coefficient (Wildman–Crippen LogP) is 3.21. The van der Waals surface area contributed by atoms with Crippen LogP contribution in [-0.2, 0) is 6.42 Å². The molecule has 2 fully saturated rings. The van der Waals surface area contributed by atoms with E-state index in [0.29, 0.717) is 17.6 Å². The summed E-state index contributed by atoms with van der Waals surface area (Å²) in [6.07, 6.45) is 10.6. The van der Waals surface area contributed by atoms with Crippen LogP contribution in [-0.4, -0.2) is 37.8 Å². The second-order valence-electron chi connectivity index (χ2n) is 7.60. The molecule has 2 atom stereocenters. The Balaban J connectivity index is 1.40. The number of carbonyl (C=O) groups excluding carboxylic acids is 1. The smallest absolute Gasteiger partial charge is 0.190 e. The molecule has 1 aromatic heterocycles. The molecule has 138 valence electrons. The number of phenolic OH excluding ortho intramolecular Hbond substituents is 1. The molecular formula is C21H22N4O2. The number of aromatic hydroxyl groups is 1. The van der Waals surface area contributed by atoms with E-state index in [-0.39, 0.29) is 17.6 Å². The summed E-state index contributed by atoms with van der Waals surface area (Å²) >= 11 is 0. The van der Waals surface area contributed by atoms with Crippen LogP contribution >= 0.6 is 0 Å². The normalized spacial score (nSPS) is 23.5. The number of para-hydroxylation sites is 1. The Morgan fingerprint density at radius 2 is 2.04 bits per heavy atom. The van der Waals surface area contributed by atoms with Gasteiger partial charge in [0, 0.05) is 29.9 Å². The molecule has 1 aromatic carbocycles. The molecule has 1 saturated heterocycles. The quantitative estimate of drug-likeness (QED) is 0.628. The van der Waals surface area contributed by atoms with Gasteiger partial charge < -0.3 is 15.3 Å². The van der Waals surface area contributed by atoms with E-state index < -0.39 is 0 Å². The van der Waals surface area contributed by atoms with Crippen molar-refractivity contribution in [3.05, 3.63) is 59.7 Å². The standard InChI is InChI=1S/C21H22N4O2/c26-18-4-2-1-3-15(18)19(27)9-10-25-14-7-8-17(25)20-16(11-14)21(23-12-22-20)24-13-5-6-13/h1-4,9-10,12-14,17,26H,5-8,11H2,(H,22,23,24)/b10-9+/t14-,17+/m0/s1. The van der Waals surface area contributed by atoms with Gasteiger partial charge in [0.15, 0.2) is 5.78 Å². The molecule has 0 amide bonds. The number of benzene rings is 1. The summed E-state index contributed by atoms with van der Waals surface area (Å²) in [5.41, 5.74) is 2.66. The fraction of sp³-hybridized carbons (Fsp3) is 0.381. The minimum Gasteiger partial charge on any atom is -0.507 e. The Hall–Kier alpha value is -2.89. The van der Waals surface area contributed by atoms with E-state index >= 15 is 0 Å². The highest BCUT2D eigenvalue weighted by atomic mass is 16.3. The lowest BCUT2D eigenvalue weighted by molar-refractivity contribution is 0.104. The van der Waals surface area contributed by atoms with Crippen molar-refractivity contribution >= 4 is 11.6 Å². The van der Waals surface area contributed by atoms with Gasteiger partial charge in [0.05, 0.1) is 17.3 Å². The monoisotopic (exact) mass is 362 g/mol. The van der Waals surface area contributed by atoms with Gasteiger partial charge in [0.1, 0.15) is 17.9 Å². The van der Waals surface area contributed by atoms with E-state index in [9.17, 15) is 9.90 Å². The van der Waals surface area contributed by atoms with Crippen LogP contribution in [0.2, 0.25) is 0 Å². The van der Waals surface area contributed by atoms with Gasteiger partial charge >= 0.3 is 0 Å². The zero-order valence-corrected chi connectivity index (χ0v) is 15.0. The minimum atomic E-state index is -0.183. The zero-order valence-electron chi connectivity index (χ0n) is 15.0. The van der Waals surface area contributed by atoms with Crippen molar-refractivity contribution in [1.82, 2.24) is 14.9 Å². The van der Waals surface area contributed by atoms with Crippen LogP contribution in [0.15, 0.2) is 42.9 Å². The number of rotatable bonds is 5. The number of phenols is 1. The first kappa shape index (κ1) is 16.3. The Bertz CT molecular complexity index is 922. The van der Waals surface area contributed by atoms with E-state index in [1.54, 1.807) is 30.6 Å². The summed E-state index contributed by atoms with van der Waals surface area (Å²) < 4.78 is 0. The first-order chi connectivity index (χ1) is 13.2. The highest BCUT2D eigenvalue weighted by molar-refractivity contribution is 6.06. The number of anilines is 1. The van der Waals surface area contributed by atoms with Crippen LogP contribution in [0, 0.1) is 0 Å². The summed E-state index contributed by atoms with van der Waals surface area (Å²) in [6, 6.07) is 7.77. The maximum absolute atomic E-state index is 12.5. The van der Waals surface area contributed by atoms with E-state index in [0.717, 1.165) is 30.8 Å². The predicted molar refractivity (Wildman–Crippen MR) is 102 cm³/mol. The van der Waals surface area contributed by atoms with E-state index in [4.69, 9.17) is 0 Å². The van der Waals surface area contributed by atoms with Crippen molar-refractivity contribution < 1.29 is 9.90 Å². The molecule has 6 heteroatoms. The van der Waals surface area contributed by atoms with Gasteiger partial charge in [0.2, 0.25) is 0 Å². The Morgan fingerprint density at radius 3 is 2.85 bits per heavy atom. The molecule has 2 N–H and O–H groups in total. The van der Waals surface area contributed by atoms with Crippen molar-refractivity contribution in [1.29, 1.82) is 0 Å². The van der Waals surface area contributed by atoms with Gasteiger partial charge in [-0.3, -0.25) is 4.79 Å². The third kappa shape index (κ3) is 2.95. The molecule has 2 aromatic rings. The molecule has 5 rings (SSSR count). The number of hydrogen-bond donors (Lipinski definition) is 2. The largest absolute Gasteiger partial charge is 0.507 e. The van der Waals surface area contributed by atoms with Crippen LogP contribution in [0.25, 0.3) is 0 Å². The third-order valence-electron chi connectivity index (χ3n) is 5.77. The number of ketones is 1. The van der Waals surface area contributed by atoms with E-state index in [2.05, 4.69) is 20.2 Å². The number of carbonyl (C=O) groups is 1. The molecular weight excluding hydrogens is 340 g/mol. The molecule has 3 heterocycles. The summed E-state index contributed by atoms with van der Waals surface area (Å²) in [7, 11) is 0. The molecule has 1 saturated carbocycles. The van der Waals surface area contributed by atoms with Crippen LogP contribution in [0.5, 0.6) is 5.75 Å². The number of nitrogens with zero attached hydrogens (tertiary/aromatic N) is 3. The minimum absolute atomic E-state index is 0.0163. The first-order valence-electron chi connectivity index (χ1n) is 9.59. The van der Waals surface area contributed by atoms with Crippen LogP contribution in [0.4, 0.5) is 5.82 Å². The van der Waals surface area contributed by atoms with Crippen molar-refractivity contribution in [3.8, 4) is 5.75 Å². The van der Waals surface area contributed by atoms with Gasteiger partial charge in [-0.25, -0.2) is 9.97 Å². The average molecular weight is 362 g/mol. The SMILES string of the molecule is O=C(/C=C/N1[C@H]2CC[C@@H]1c1ncnc(NC3CC3)c1C2)c1ccccc1O. The lowest BCUT2D eigenvalue weighted by atomic mass is 9.98. The third-order valence-corrected chi connectivity index (χ3v) is 5.77. The second kappa shape index (κ2) is 6.37. The molecule has 3 aliphatic rings. The van der Waals surface area contributed by atoms with E-state index in [1.807, 2.05) is 6.20 Å². The summed E-state index contributed by atoms with van der Waals surface area (Å²) in [6.45, 7) is 0. The number of hydrogen-bond acceptors (Lipinski definition) is 6. The topological polar surface area (TPSA) is 78.4 Å². The van der Waals surface area contributed by atoms with E-state index in [1.165, 1.54) is 24.5 Å². The molecule has 0 unspecified atom stereocenters. The number of nitrogens with one attached hydrogen (secondary N) is 1. The maximum atomic E-state index is 12.5. The molecule has 6 nitrogen and oxygen atoms in total. The average Bonchev–Trinajstić information content (AvgIpc) is 3.44. The Kier molecular flexibility index (Phi) is 3.85. The van der Waals surface area contributed by atoms with Gasteiger partial charge in [-0.1, -0.05) is 12.1 Å². The zero-order chi connectivity index (χ0) is 18.4. The Labute approximate surface area is 158 Å². The number of fused-ring (bicyclic) bond motifs is 4. The maximum Gasteiger partial charge on any atom is 0.190 e. The second-order valence-corrected chi connectivity index (χ2v) is 7.60. The molecule has 2 aliphatic heterocycles. The van der Waals surface area contributed by atoms with Crippen molar-refractivity contribution in [2.24, 2.45) is 0 Å². The summed E-state index contributed by atoms with van der Waals surface area (Å²) in [5.74, 6) is 0.827. The molecule has 27 heavy (non-hydrogen) atoms. The fourth-order valence-electron chi connectivity index (χ4n) is 4.23. The first-order valence-corrected chi connectivity index (χ1v) is 9.59. The van der Waals surface area contributed by atoms with Gasteiger partial charge in [-0.2, -0.15) is 0 Å². The van der Waals surface area contributed by atoms with Gasteiger partial charge in [-0.15, -0.1) is 0 Å². The summed E-state index contributed by atoms with van der Waals surface area (Å²) in [5, 5.41) is 13.4. The Morgan fingerprint density at radius 1 is 1.19 bits per heavy atom. The number of allylic oxidation sites excluding steroid dienone is 1. The van der Waals surface area contributed by atoms with Crippen molar-refractivity contribution in [3.63, 3.8) is 0 Å². The fourth-order valence-corrected chi connectivity index (χ4v) is 4.23. The summed E-state index contributed by atoms with van der Waals surface area (Å²) in [4.78, 5) is 23.8. The van der Waals surface area contributed by atoms with Gasteiger partial charge in [0.25, 0.3) is 0 Å². The van der Waals surface area contributed by atoms with Crippen molar-refractivity contribution in [2.75, 3.05) is 5.32 Å². The molecule has 2 bridgehead atoms. The highest BCUT2D eigenvalue weighted by Gasteiger charge is 2.41. The molecule has 0 spiro atoms. The lowest BCUT2D eigenvalue weighted by Gasteiger charge is -2.35. The van der Waals surface area contributed by atoms with Crippen LogP contribution in [0.1, 0.15) is 53.3 Å². The molecule has 0 radical (unpaired) electrons. The van der Waals surface area contributed by atoms with Crippen LogP contribution in [0.3, 0.4) is 0 Å².